The molecule has 0 saturated heterocycles. The summed E-state index contributed by atoms with van der Waals surface area (Å²) in [7, 11) is 0. The average Bonchev–Trinajstić information content (AvgIpc) is 2.78. The van der Waals surface area contributed by atoms with Crippen molar-refractivity contribution in [2.75, 3.05) is 6.54 Å². The van der Waals surface area contributed by atoms with E-state index in [1.165, 1.54) is 11.1 Å². The molecule has 0 aliphatic carbocycles. The zero-order chi connectivity index (χ0) is 19.9. The molecule has 2 nitrogen and oxygen atoms in total. The fourth-order valence-electron chi connectivity index (χ4n) is 3.76. The Bertz CT molecular complexity index is 1030. The van der Waals surface area contributed by atoms with Crippen molar-refractivity contribution in [1.82, 2.24) is 4.90 Å². The average molecular weight is 380 g/mol. The summed E-state index contributed by atoms with van der Waals surface area (Å²) >= 11 is 0. The lowest BCUT2D eigenvalue weighted by atomic mass is 9.99. The summed E-state index contributed by atoms with van der Waals surface area (Å²) < 4.78 is 0. The Morgan fingerprint density at radius 3 is 1.83 bits per heavy atom. The van der Waals surface area contributed by atoms with Gasteiger partial charge in [-0.25, -0.2) is 0 Å². The molecule has 0 aliphatic rings. The van der Waals surface area contributed by atoms with Gasteiger partial charge in [-0.2, -0.15) is 0 Å². The summed E-state index contributed by atoms with van der Waals surface area (Å²) in [6.07, 6.45) is 0.508. The minimum Gasteiger partial charge on any atom is -0.294 e. The van der Waals surface area contributed by atoms with Gasteiger partial charge in [-0.15, -0.1) is 0 Å². The summed E-state index contributed by atoms with van der Waals surface area (Å²) in [5.74, 6) is 0.202. The van der Waals surface area contributed by atoms with Gasteiger partial charge < -0.3 is 0 Å². The molecule has 4 aromatic carbocycles. The normalized spacial score (nSPS) is 11.1. The van der Waals surface area contributed by atoms with E-state index in [4.69, 9.17) is 0 Å². The van der Waals surface area contributed by atoms with Crippen LogP contribution in [-0.2, 0) is 13.1 Å². The summed E-state index contributed by atoms with van der Waals surface area (Å²) in [5, 5.41) is 2.15. The van der Waals surface area contributed by atoms with Gasteiger partial charge in [-0.05, 0) is 21.9 Å². The number of carbonyl (C=O) groups excluding carboxylic acids is 1. The molecular weight excluding hydrogens is 354 g/mol. The van der Waals surface area contributed by atoms with E-state index in [-0.39, 0.29) is 5.78 Å². The van der Waals surface area contributed by atoms with Crippen molar-refractivity contribution in [3.8, 4) is 0 Å². The predicted molar refractivity (Wildman–Crippen MR) is 120 cm³/mol. The molecule has 0 heterocycles. The number of hydrogen-bond donors (Lipinski definition) is 0. The second-order valence-electron chi connectivity index (χ2n) is 7.38. The van der Waals surface area contributed by atoms with Crippen LogP contribution in [0.5, 0.6) is 0 Å². The van der Waals surface area contributed by atoms with Crippen molar-refractivity contribution in [2.24, 2.45) is 0 Å². The Hall–Kier alpha value is -3.23. The van der Waals surface area contributed by atoms with E-state index < -0.39 is 0 Å². The van der Waals surface area contributed by atoms with Crippen molar-refractivity contribution >= 4 is 16.6 Å². The lowest BCUT2D eigenvalue weighted by molar-refractivity contribution is 0.0961. The number of hydrogen-bond acceptors (Lipinski definition) is 2. The van der Waals surface area contributed by atoms with E-state index in [0.29, 0.717) is 6.42 Å². The molecule has 0 amide bonds. The Kier molecular flexibility index (Phi) is 6.13. The van der Waals surface area contributed by atoms with Crippen molar-refractivity contribution in [1.29, 1.82) is 0 Å². The third-order valence-corrected chi connectivity index (χ3v) is 5.24. The molecule has 144 valence electrons. The molecule has 0 atom stereocenters. The Balaban J connectivity index is 1.50. The highest BCUT2D eigenvalue weighted by atomic mass is 16.1. The van der Waals surface area contributed by atoms with Gasteiger partial charge in [0.2, 0.25) is 0 Å². The summed E-state index contributed by atoms with van der Waals surface area (Å²) in [6.45, 7) is 2.39. The molecular formula is C27H25NO. The van der Waals surface area contributed by atoms with Gasteiger partial charge in [-0.1, -0.05) is 103 Å². The van der Waals surface area contributed by atoms with Gasteiger partial charge in [0.1, 0.15) is 0 Å². The standard InChI is InChI=1S/C27H25NO/c29-27(26-17-9-15-24-14-7-8-16-25(24)26)18-19-28(20-22-10-3-1-4-11-22)21-23-12-5-2-6-13-23/h1-17H,18-21H2. The number of benzene rings is 4. The second kappa shape index (κ2) is 9.31. The maximum absolute atomic E-state index is 13.0. The van der Waals surface area contributed by atoms with E-state index in [1.807, 2.05) is 42.5 Å². The third-order valence-electron chi connectivity index (χ3n) is 5.24. The first kappa shape index (κ1) is 19.1. The SMILES string of the molecule is O=C(CCN(Cc1ccccc1)Cc1ccccc1)c1cccc2ccccc12. The van der Waals surface area contributed by atoms with Crippen molar-refractivity contribution in [3.63, 3.8) is 0 Å². The van der Waals surface area contributed by atoms with Crippen LogP contribution in [0.25, 0.3) is 10.8 Å². The molecule has 0 bridgehead atoms. The van der Waals surface area contributed by atoms with Gasteiger partial charge in [0.15, 0.2) is 5.78 Å². The first-order valence-electron chi connectivity index (χ1n) is 10.1. The molecule has 0 spiro atoms. The predicted octanol–water partition coefficient (Wildman–Crippen LogP) is 6.12. The van der Waals surface area contributed by atoms with Crippen LogP contribution in [0.1, 0.15) is 27.9 Å². The first-order chi connectivity index (χ1) is 14.3. The molecule has 0 radical (unpaired) electrons. The number of Topliss-reactive ketones (excluding diaryl/α,β-unsaturated/α-hetero) is 1. The molecule has 4 rings (SSSR count). The Morgan fingerprint density at radius 2 is 1.17 bits per heavy atom. The molecule has 0 unspecified atom stereocenters. The van der Waals surface area contributed by atoms with E-state index >= 15 is 0 Å². The summed E-state index contributed by atoms with van der Waals surface area (Å²) in [4.78, 5) is 15.4. The van der Waals surface area contributed by atoms with Crippen LogP contribution in [0.4, 0.5) is 0 Å². The topological polar surface area (TPSA) is 20.3 Å². The smallest absolute Gasteiger partial charge is 0.164 e. The van der Waals surface area contributed by atoms with E-state index in [0.717, 1.165) is 36.0 Å². The van der Waals surface area contributed by atoms with Crippen molar-refractivity contribution in [3.05, 3.63) is 120 Å². The van der Waals surface area contributed by atoms with Crippen LogP contribution < -0.4 is 0 Å². The summed E-state index contributed by atoms with van der Waals surface area (Å²) in [6, 6.07) is 35.0. The van der Waals surface area contributed by atoms with Gasteiger partial charge in [0.25, 0.3) is 0 Å². The van der Waals surface area contributed by atoms with Crippen LogP contribution in [0, 0.1) is 0 Å². The Labute approximate surface area is 172 Å². The number of ketones is 1. The van der Waals surface area contributed by atoms with Gasteiger partial charge in [0.05, 0.1) is 0 Å². The van der Waals surface area contributed by atoms with Gasteiger partial charge in [0, 0.05) is 31.6 Å². The van der Waals surface area contributed by atoms with Crippen molar-refractivity contribution < 1.29 is 4.79 Å². The second-order valence-corrected chi connectivity index (χ2v) is 7.38. The zero-order valence-corrected chi connectivity index (χ0v) is 16.5. The molecule has 4 aromatic rings. The van der Waals surface area contributed by atoms with Crippen LogP contribution >= 0.6 is 0 Å². The number of nitrogens with zero attached hydrogens (tertiary/aromatic N) is 1. The highest BCUT2D eigenvalue weighted by Crippen LogP contribution is 2.20. The largest absolute Gasteiger partial charge is 0.294 e. The maximum Gasteiger partial charge on any atom is 0.164 e. The molecule has 0 saturated carbocycles. The van der Waals surface area contributed by atoms with E-state index in [2.05, 4.69) is 65.6 Å². The third kappa shape index (κ3) is 4.98. The minimum absolute atomic E-state index is 0.202. The molecule has 0 N–H and O–H groups in total. The number of rotatable bonds is 8. The lowest BCUT2D eigenvalue weighted by Gasteiger charge is -2.22. The quantitative estimate of drug-likeness (QED) is 0.344. The zero-order valence-electron chi connectivity index (χ0n) is 16.5. The van der Waals surface area contributed by atoms with Gasteiger partial charge >= 0.3 is 0 Å². The highest BCUT2D eigenvalue weighted by molar-refractivity contribution is 6.08. The van der Waals surface area contributed by atoms with Gasteiger partial charge in [-0.3, -0.25) is 9.69 Å². The van der Waals surface area contributed by atoms with Crippen LogP contribution in [-0.4, -0.2) is 17.2 Å². The van der Waals surface area contributed by atoms with Crippen molar-refractivity contribution in [2.45, 2.75) is 19.5 Å². The monoisotopic (exact) mass is 379 g/mol. The van der Waals surface area contributed by atoms with E-state index in [1.54, 1.807) is 0 Å². The van der Waals surface area contributed by atoms with E-state index in [9.17, 15) is 4.79 Å². The fraction of sp³-hybridized carbons (Fsp3) is 0.148. The molecule has 0 aliphatic heterocycles. The lowest BCUT2D eigenvalue weighted by Crippen LogP contribution is -2.25. The first-order valence-corrected chi connectivity index (χ1v) is 10.1. The number of carbonyl (C=O) groups is 1. The molecule has 29 heavy (non-hydrogen) atoms. The highest BCUT2D eigenvalue weighted by Gasteiger charge is 2.13. The Morgan fingerprint density at radius 1 is 0.621 bits per heavy atom. The molecule has 0 fully saturated rings. The minimum atomic E-state index is 0.202. The van der Waals surface area contributed by atoms with Crippen LogP contribution in [0.2, 0.25) is 0 Å². The molecule has 2 heteroatoms. The molecule has 0 aromatic heterocycles. The fourth-order valence-corrected chi connectivity index (χ4v) is 3.76. The maximum atomic E-state index is 13.0. The number of fused-ring (bicyclic) bond motifs is 1. The van der Waals surface area contributed by atoms with Crippen LogP contribution in [0.15, 0.2) is 103 Å². The van der Waals surface area contributed by atoms with Crippen LogP contribution in [0.3, 0.4) is 0 Å². The summed E-state index contributed by atoms with van der Waals surface area (Å²) in [5.41, 5.74) is 3.35.